The number of nitriles is 1. The van der Waals surface area contributed by atoms with Gasteiger partial charge < -0.3 is 10.0 Å². The molecule has 3 rings (SSSR count). The van der Waals surface area contributed by atoms with Gasteiger partial charge >= 0.3 is 0 Å². The maximum atomic E-state index is 12.3. The Hall–Kier alpha value is -2.23. The SMILES string of the molecule is Cc1nc(-c2ccc(C(=O)N3CC(O)(CC#N)C3)cc2)cs1. The minimum absolute atomic E-state index is 0.0545. The summed E-state index contributed by atoms with van der Waals surface area (Å²) in [4.78, 5) is 18.3. The van der Waals surface area contributed by atoms with E-state index in [1.54, 1.807) is 28.4 Å². The molecular weight excluding hydrogens is 298 g/mol. The zero-order chi connectivity index (χ0) is 15.7. The number of nitrogens with zero attached hydrogens (tertiary/aromatic N) is 3. The second-order valence-corrected chi connectivity index (χ2v) is 6.61. The first kappa shape index (κ1) is 14.7. The highest BCUT2D eigenvalue weighted by Gasteiger charge is 2.43. The Labute approximate surface area is 132 Å². The van der Waals surface area contributed by atoms with Gasteiger partial charge in [-0.05, 0) is 19.1 Å². The van der Waals surface area contributed by atoms with E-state index in [1.807, 2.05) is 30.5 Å². The van der Waals surface area contributed by atoms with Crippen LogP contribution in [0.3, 0.4) is 0 Å². The van der Waals surface area contributed by atoms with Gasteiger partial charge in [-0.15, -0.1) is 11.3 Å². The summed E-state index contributed by atoms with van der Waals surface area (Å²) in [5, 5.41) is 21.6. The molecule has 5 nitrogen and oxygen atoms in total. The number of carbonyl (C=O) groups is 1. The molecule has 1 amide bonds. The largest absolute Gasteiger partial charge is 0.385 e. The highest BCUT2D eigenvalue weighted by molar-refractivity contribution is 7.09. The van der Waals surface area contributed by atoms with Gasteiger partial charge in [-0.1, -0.05) is 12.1 Å². The number of hydrogen-bond donors (Lipinski definition) is 1. The van der Waals surface area contributed by atoms with Crippen LogP contribution in [0.15, 0.2) is 29.6 Å². The molecule has 6 heteroatoms. The average Bonchev–Trinajstić information content (AvgIpc) is 2.91. The molecule has 2 heterocycles. The number of benzene rings is 1. The number of hydrogen-bond acceptors (Lipinski definition) is 5. The molecule has 1 aromatic heterocycles. The molecule has 0 radical (unpaired) electrons. The van der Waals surface area contributed by atoms with Gasteiger partial charge in [-0.3, -0.25) is 4.79 Å². The molecule has 0 bridgehead atoms. The lowest BCUT2D eigenvalue weighted by molar-refractivity contribution is -0.0770. The molecule has 1 fully saturated rings. The third kappa shape index (κ3) is 2.73. The number of aliphatic hydroxyl groups is 1. The van der Waals surface area contributed by atoms with Gasteiger partial charge in [0.05, 0.1) is 36.3 Å². The predicted octanol–water partition coefficient (Wildman–Crippen LogP) is 2.22. The van der Waals surface area contributed by atoms with Crippen molar-refractivity contribution in [3.63, 3.8) is 0 Å². The summed E-state index contributed by atoms with van der Waals surface area (Å²) in [6.07, 6.45) is 0.0545. The number of rotatable bonds is 3. The van der Waals surface area contributed by atoms with Crippen molar-refractivity contribution >= 4 is 17.2 Å². The van der Waals surface area contributed by atoms with E-state index in [9.17, 15) is 9.90 Å². The topological polar surface area (TPSA) is 77.2 Å². The lowest BCUT2D eigenvalue weighted by Gasteiger charge is -2.45. The smallest absolute Gasteiger partial charge is 0.254 e. The van der Waals surface area contributed by atoms with Crippen molar-refractivity contribution in [3.05, 3.63) is 40.2 Å². The van der Waals surface area contributed by atoms with Crippen LogP contribution in [0, 0.1) is 18.3 Å². The molecule has 1 aromatic carbocycles. The van der Waals surface area contributed by atoms with Crippen molar-refractivity contribution in [3.8, 4) is 17.3 Å². The van der Waals surface area contributed by atoms with Crippen molar-refractivity contribution in [1.29, 1.82) is 5.26 Å². The van der Waals surface area contributed by atoms with Gasteiger partial charge in [-0.2, -0.15) is 5.26 Å². The van der Waals surface area contributed by atoms with Gasteiger partial charge in [0, 0.05) is 16.5 Å². The van der Waals surface area contributed by atoms with E-state index in [0.29, 0.717) is 5.56 Å². The number of amides is 1. The summed E-state index contributed by atoms with van der Waals surface area (Å²) >= 11 is 1.59. The zero-order valence-corrected chi connectivity index (χ0v) is 12.9. The van der Waals surface area contributed by atoms with E-state index in [1.165, 1.54) is 0 Å². The highest BCUT2D eigenvalue weighted by atomic mass is 32.1. The third-order valence-corrected chi connectivity index (χ3v) is 4.49. The summed E-state index contributed by atoms with van der Waals surface area (Å²) < 4.78 is 0. The number of carbonyl (C=O) groups excluding carboxylic acids is 1. The van der Waals surface area contributed by atoms with Crippen molar-refractivity contribution in [2.75, 3.05) is 13.1 Å². The molecule has 0 atom stereocenters. The van der Waals surface area contributed by atoms with Crippen LogP contribution in [0.1, 0.15) is 21.8 Å². The maximum absolute atomic E-state index is 12.3. The van der Waals surface area contributed by atoms with Crippen LogP contribution in [-0.4, -0.2) is 39.6 Å². The number of likely N-dealkylation sites (tertiary alicyclic amines) is 1. The summed E-state index contributed by atoms with van der Waals surface area (Å²) in [6, 6.07) is 9.24. The normalized spacial score (nSPS) is 16.0. The fraction of sp³-hybridized carbons (Fsp3) is 0.312. The molecule has 0 aliphatic carbocycles. The lowest BCUT2D eigenvalue weighted by atomic mass is 9.90. The van der Waals surface area contributed by atoms with Crippen LogP contribution in [0.2, 0.25) is 0 Å². The average molecular weight is 313 g/mol. The predicted molar refractivity (Wildman–Crippen MR) is 83.4 cm³/mol. The Kier molecular flexibility index (Phi) is 3.69. The second kappa shape index (κ2) is 5.52. The molecular formula is C16H15N3O2S. The molecule has 1 aliphatic heterocycles. The first-order valence-electron chi connectivity index (χ1n) is 6.92. The van der Waals surface area contributed by atoms with Crippen LogP contribution < -0.4 is 0 Å². The Balaban J connectivity index is 1.69. The van der Waals surface area contributed by atoms with Gasteiger partial charge in [0.2, 0.25) is 0 Å². The third-order valence-electron chi connectivity index (χ3n) is 3.71. The van der Waals surface area contributed by atoms with Crippen molar-refractivity contribution in [1.82, 2.24) is 9.88 Å². The van der Waals surface area contributed by atoms with Crippen LogP contribution >= 0.6 is 11.3 Å². The van der Waals surface area contributed by atoms with Gasteiger partial charge in [0.25, 0.3) is 5.91 Å². The van der Waals surface area contributed by atoms with E-state index < -0.39 is 5.60 Å². The highest BCUT2D eigenvalue weighted by Crippen LogP contribution is 2.27. The zero-order valence-electron chi connectivity index (χ0n) is 12.1. The summed E-state index contributed by atoms with van der Waals surface area (Å²) in [5.74, 6) is -0.122. The fourth-order valence-corrected chi connectivity index (χ4v) is 3.15. The molecule has 0 spiro atoms. The lowest BCUT2D eigenvalue weighted by Crippen LogP contribution is -2.63. The van der Waals surface area contributed by atoms with Crippen LogP contribution in [0.4, 0.5) is 0 Å². The van der Waals surface area contributed by atoms with Crippen LogP contribution in [-0.2, 0) is 0 Å². The molecule has 0 saturated carbocycles. The standard InChI is InChI=1S/C16H15N3O2S/c1-11-18-14(8-22-11)12-2-4-13(5-3-12)15(20)19-9-16(21,10-19)6-7-17/h2-5,8,21H,6,9-10H2,1H3. The Morgan fingerprint density at radius 1 is 1.45 bits per heavy atom. The first-order valence-corrected chi connectivity index (χ1v) is 7.80. The summed E-state index contributed by atoms with van der Waals surface area (Å²) in [5.41, 5.74) is 1.43. The Morgan fingerprint density at radius 2 is 2.14 bits per heavy atom. The van der Waals surface area contributed by atoms with E-state index in [4.69, 9.17) is 5.26 Å². The summed E-state index contributed by atoms with van der Waals surface area (Å²) in [6.45, 7) is 2.39. The molecule has 1 saturated heterocycles. The summed E-state index contributed by atoms with van der Waals surface area (Å²) in [7, 11) is 0. The molecule has 1 N–H and O–H groups in total. The molecule has 1 aliphatic rings. The van der Waals surface area contributed by atoms with E-state index in [-0.39, 0.29) is 25.4 Å². The monoisotopic (exact) mass is 313 g/mol. The van der Waals surface area contributed by atoms with E-state index >= 15 is 0 Å². The molecule has 112 valence electrons. The minimum Gasteiger partial charge on any atom is -0.385 e. The second-order valence-electron chi connectivity index (χ2n) is 5.55. The Bertz CT molecular complexity index is 739. The van der Waals surface area contributed by atoms with Crippen LogP contribution in [0.5, 0.6) is 0 Å². The number of β-amino-alcohol motifs (C(OH)–C–C–N with tert-alkyl or cyclic N) is 1. The van der Waals surface area contributed by atoms with Crippen molar-refractivity contribution in [2.24, 2.45) is 0 Å². The van der Waals surface area contributed by atoms with Gasteiger partial charge in [0.15, 0.2) is 0 Å². The number of aromatic nitrogens is 1. The number of aryl methyl sites for hydroxylation is 1. The molecule has 2 aromatic rings. The van der Waals surface area contributed by atoms with Crippen molar-refractivity contribution in [2.45, 2.75) is 18.9 Å². The fourth-order valence-electron chi connectivity index (χ4n) is 2.53. The van der Waals surface area contributed by atoms with Crippen LogP contribution in [0.25, 0.3) is 11.3 Å². The van der Waals surface area contributed by atoms with Gasteiger partial charge in [0.1, 0.15) is 5.60 Å². The first-order chi connectivity index (χ1) is 10.5. The quantitative estimate of drug-likeness (QED) is 0.942. The molecule has 22 heavy (non-hydrogen) atoms. The van der Waals surface area contributed by atoms with Crippen molar-refractivity contribution < 1.29 is 9.90 Å². The maximum Gasteiger partial charge on any atom is 0.254 e. The van der Waals surface area contributed by atoms with Gasteiger partial charge in [-0.25, -0.2) is 4.98 Å². The number of thiazole rings is 1. The Morgan fingerprint density at radius 3 is 2.68 bits per heavy atom. The van der Waals surface area contributed by atoms with E-state index in [0.717, 1.165) is 16.3 Å². The minimum atomic E-state index is -1.04. The van der Waals surface area contributed by atoms with E-state index in [2.05, 4.69) is 4.98 Å². The molecule has 0 unspecified atom stereocenters.